The number of carbonyl (C=O) groups excluding carboxylic acids is 3. The SMILES string of the molecule is [B]c1cc(C[C@@H](OC(=O)N2CCC(N3CCc4ccccc4NC3=O)CC2)C(=O)N2CCN(C3CCCCC3)CC2)ccc1O. The van der Waals surface area contributed by atoms with Crippen molar-refractivity contribution in [3.63, 3.8) is 0 Å². The summed E-state index contributed by atoms with van der Waals surface area (Å²) < 4.78 is 5.97. The molecule has 3 aliphatic heterocycles. The predicted molar refractivity (Wildman–Crippen MR) is 173 cm³/mol. The number of piperazine rings is 1. The molecule has 2 saturated heterocycles. The van der Waals surface area contributed by atoms with E-state index in [1.165, 1.54) is 38.2 Å². The molecule has 10 nitrogen and oxygen atoms in total. The Kier molecular flexibility index (Phi) is 9.83. The lowest BCUT2D eigenvalue weighted by Crippen LogP contribution is -2.55. The van der Waals surface area contributed by atoms with Crippen molar-refractivity contribution in [1.82, 2.24) is 19.6 Å². The topological polar surface area (TPSA) is 106 Å². The first kappa shape index (κ1) is 31.3. The zero-order valence-corrected chi connectivity index (χ0v) is 26.0. The Labute approximate surface area is 267 Å². The molecular weight excluding hydrogens is 569 g/mol. The highest BCUT2D eigenvalue weighted by molar-refractivity contribution is 6.34. The van der Waals surface area contributed by atoms with Gasteiger partial charge in [-0.25, -0.2) is 9.59 Å². The van der Waals surface area contributed by atoms with Crippen molar-refractivity contribution in [2.45, 2.75) is 76.0 Å². The van der Waals surface area contributed by atoms with E-state index in [9.17, 15) is 19.5 Å². The van der Waals surface area contributed by atoms with Crippen LogP contribution >= 0.6 is 0 Å². The summed E-state index contributed by atoms with van der Waals surface area (Å²) in [5, 5.41) is 12.9. The molecule has 11 heteroatoms. The van der Waals surface area contributed by atoms with Gasteiger partial charge in [-0.3, -0.25) is 9.69 Å². The highest BCUT2D eigenvalue weighted by Gasteiger charge is 2.36. The standard InChI is InChI=1S/C34H44BN5O5/c35-28-22-24(10-11-30(28)41)23-31(32(42)38-20-18-37(19-21-38)26-7-2-1-3-8-26)45-34(44)39-15-13-27(14-16-39)40-17-12-25-6-4-5-9-29(25)36-33(40)43/h4-6,9-11,22,26-27,31,41H,1-3,7-8,12-21,23H2,(H,36,43)/t31-/m1/s1. The van der Waals surface area contributed by atoms with Crippen LogP contribution in [0.2, 0.25) is 0 Å². The highest BCUT2D eigenvalue weighted by atomic mass is 16.6. The Balaban J connectivity index is 1.07. The van der Waals surface area contributed by atoms with Gasteiger partial charge in [-0.2, -0.15) is 0 Å². The van der Waals surface area contributed by atoms with Crippen molar-refractivity contribution < 1.29 is 24.2 Å². The first-order valence-corrected chi connectivity index (χ1v) is 16.6. The number of anilines is 1. The van der Waals surface area contributed by atoms with Gasteiger partial charge in [0.1, 0.15) is 13.6 Å². The Morgan fingerprint density at radius 1 is 0.889 bits per heavy atom. The fourth-order valence-electron chi connectivity index (χ4n) is 7.38. The molecule has 1 aliphatic carbocycles. The molecule has 238 valence electrons. The lowest BCUT2D eigenvalue weighted by atomic mass is 9.91. The van der Waals surface area contributed by atoms with Crippen LogP contribution < -0.4 is 10.8 Å². The Bertz CT molecular complexity index is 1370. The number of piperidine rings is 1. The maximum atomic E-state index is 13.9. The van der Waals surface area contributed by atoms with Gasteiger partial charge in [0.2, 0.25) is 0 Å². The van der Waals surface area contributed by atoms with Crippen molar-refractivity contribution in [3.05, 3.63) is 53.6 Å². The van der Waals surface area contributed by atoms with Crippen LogP contribution in [-0.2, 0) is 22.4 Å². The van der Waals surface area contributed by atoms with Crippen molar-refractivity contribution in [2.75, 3.05) is 51.1 Å². The number of nitrogens with one attached hydrogen (secondary N) is 1. The van der Waals surface area contributed by atoms with E-state index in [1.54, 1.807) is 17.0 Å². The molecule has 2 radical (unpaired) electrons. The van der Waals surface area contributed by atoms with Gasteiger partial charge in [0.25, 0.3) is 5.91 Å². The third-order valence-corrected chi connectivity index (χ3v) is 10.1. The molecule has 0 unspecified atom stereocenters. The van der Waals surface area contributed by atoms with Crippen molar-refractivity contribution in [3.8, 4) is 5.75 Å². The number of nitrogens with zero attached hydrogens (tertiary/aromatic N) is 4. The van der Waals surface area contributed by atoms with E-state index in [0.717, 1.165) is 30.8 Å². The van der Waals surface area contributed by atoms with Gasteiger partial charge in [0.15, 0.2) is 6.10 Å². The number of urea groups is 1. The largest absolute Gasteiger partial charge is 0.509 e. The van der Waals surface area contributed by atoms with Crippen LogP contribution in [0.15, 0.2) is 42.5 Å². The maximum Gasteiger partial charge on any atom is 0.410 e. The molecular formula is C34H44BN5O5. The summed E-state index contributed by atoms with van der Waals surface area (Å²) in [4.78, 5) is 48.2. The molecule has 0 spiro atoms. The number of para-hydroxylation sites is 1. The summed E-state index contributed by atoms with van der Waals surface area (Å²) in [5.74, 6) is -0.226. The molecule has 1 saturated carbocycles. The van der Waals surface area contributed by atoms with E-state index in [0.29, 0.717) is 57.2 Å². The Morgan fingerprint density at radius 2 is 1.62 bits per heavy atom. The molecule has 3 fully saturated rings. The van der Waals surface area contributed by atoms with Crippen LogP contribution in [0.5, 0.6) is 5.75 Å². The average molecular weight is 614 g/mol. The van der Waals surface area contributed by atoms with E-state index in [4.69, 9.17) is 12.6 Å². The molecule has 45 heavy (non-hydrogen) atoms. The minimum absolute atomic E-state index is 0.0150. The number of amides is 4. The smallest absolute Gasteiger partial charge is 0.410 e. The number of phenolic OH excluding ortho intramolecular Hbond substituents is 1. The fraction of sp³-hybridized carbons (Fsp3) is 0.559. The number of rotatable bonds is 6. The molecule has 0 bridgehead atoms. The molecule has 3 heterocycles. The first-order valence-electron chi connectivity index (χ1n) is 16.6. The second kappa shape index (κ2) is 14.1. The zero-order valence-electron chi connectivity index (χ0n) is 26.0. The minimum atomic E-state index is -1.00. The van der Waals surface area contributed by atoms with E-state index >= 15 is 0 Å². The summed E-state index contributed by atoms with van der Waals surface area (Å²) in [5.41, 5.74) is 2.90. The van der Waals surface area contributed by atoms with E-state index in [1.807, 2.05) is 34.1 Å². The first-order chi connectivity index (χ1) is 21.9. The maximum absolute atomic E-state index is 13.9. The van der Waals surface area contributed by atoms with E-state index in [2.05, 4.69) is 10.2 Å². The molecule has 1 atom stereocenters. The number of ether oxygens (including phenoxy) is 1. The van der Waals surface area contributed by atoms with Gasteiger partial charge in [-0.1, -0.05) is 55.1 Å². The summed E-state index contributed by atoms with van der Waals surface area (Å²) in [6, 6.07) is 13.2. The number of hydrogen-bond acceptors (Lipinski definition) is 6. The summed E-state index contributed by atoms with van der Waals surface area (Å²) in [6.45, 7) is 4.36. The quantitative estimate of drug-likeness (QED) is 0.485. The lowest BCUT2D eigenvalue weighted by molar-refractivity contribution is -0.143. The van der Waals surface area contributed by atoms with Gasteiger partial charge in [0, 0.05) is 70.0 Å². The molecule has 2 aromatic rings. The monoisotopic (exact) mass is 613 g/mol. The van der Waals surface area contributed by atoms with Crippen LogP contribution in [0.1, 0.15) is 56.1 Å². The van der Waals surface area contributed by atoms with Gasteiger partial charge >= 0.3 is 12.1 Å². The third kappa shape index (κ3) is 7.40. The molecule has 6 rings (SSSR count). The molecule has 2 aromatic carbocycles. The fourth-order valence-corrected chi connectivity index (χ4v) is 7.38. The van der Waals surface area contributed by atoms with E-state index in [-0.39, 0.29) is 35.6 Å². The Hall–Kier alpha value is -3.73. The van der Waals surface area contributed by atoms with Crippen molar-refractivity contribution in [1.29, 1.82) is 0 Å². The van der Waals surface area contributed by atoms with Gasteiger partial charge in [0.05, 0.1) is 0 Å². The minimum Gasteiger partial charge on any atom is -0.509 e. The van der Waals surface area contributed by atoms with Crippen molar-refractivity contribution in [2.24, 2.45) is 0 Å². The van der Waals surface area contributed by atoms with Gasteiger partial charge in [-0.05, 0) is 55.4 Å². The summed E-state index contributed by atoms with van der Waals surface area (Å²) >= 11 is 0. The van der Waals surface area contributed by atoms with Crippen LogP contribution in [0.3, 0.4) is 0 Å². The van der Waals surface area contributed by atoms with E-state index < -0.39 is 12.2 Å². The molecule has 0 aromatic heterocycles. The normalized spacial score (nSPS) is 21.1. The molecule has 4 amide bonds. The summed E-state index contributed by atoms with van der Waals surface area (Å²) in [7, 11) is 5.94. The number of aromatic hydroxyl groups is 1. The molecule has 4 aliphatic rings. The highest BCUT2D eigenvalue weighted by Crippen LogP contribution is 2.26. The second-order valence-corrected chi connectivity index (χ2v) is 12.9. The Morgan fingerprint density at radius 3 is 2.36 bits per heavy atom. The third-order valence-electron chi connectivity index (χ3n) is 10.1. The van der Waals surface area contributed by atoms with Crippen LogP contribution in [0, 0.1) is 0 Å². The van der Waals surface area contributed by atoms with Crippen LogP contribution in [0.4, 0.5) is 15.3 Å². The number of hydrogen-bond donors (Lipinski definition) is 2. The number of likely N-dealkylation sites (tertiary alicyclic amines) is 1. The molecule has 2 N–H and O–H groups in total. The van der Waals surface area contributed by atoms with Gasteiger partial charge in [-0.15, -0.1) is 0 Å². The zero-order chi connectivity index (χ0) is 31.3. The second-order valence-electron chi connectivity index (χ2n) is 12.9. The van der Waals surface area contributed by atoms with Gasteiger partial charge < -0.3 is 29.9 Å². The van der Waals surface area contributed by atoms with Crippen molar-refractivity contribution >= 4 is 37.0 Å². The number of carbonyl (C=O) groups is 3. The van der Waals surface area contributed by atoms with Crippen LogP contribution in [-0.4, -0.2) is 115 Å². The summed E-state index contributed by atoms with van der Waals surface area (Å²) in [6.07, 6.45) is 6.99. The van der Waals surface area contributed by atoms with Crippen LogP contribution in [0.25, 0.3) is 0 Å². The number of phenols is 1. The lowest BCUT2D eigenvalue weighted by Gasteiger charge is -2.41. The number of fused-ring (bicyclic) bond motifs is 1. The number of benzene rings is 2. The average Bonchev–Trinajstić information content (AvgIpc) is 3.24. The predicted octanol–water partition coefficient (Wildman–Crippen LogP) is 3.27.